The third-order valence-corrected chi connectivity index (χ3v) is 7.30. The first kappa shape index (κ1) is 38.4. The van der Waals surface area contributed by atoms with Crippen molar-refractivity contribution in [1.82, 2.24) is 24.7 Å². The maximum absolute atomic E-state index is 13.5. The van der Waals surface area contributed by atoms with Gasteiger partial charge in [0.1, 0.15) is 12.3 Å². The highest BCUT2D eigenvalue weighted by molar-refractivity contribution is 5.99. The van der Waals surface area contributed by atoms with Crippen LogP contribution in [0.3, 0.4) is 0 Å². The Hall–Kier alpha value is -3.75. The Bertz CT molecular complexity index is 1410. The topological polar surface area (TPSA) is 82.0 Å². The Labute approximate surface area is 265 Å². The van der Waals surface area contributed by atoms with Gasteiger partial charge in [0.05, 0.1) is 17.7 Å². The second-order valence-corrected chi connectivity index (χ2v) is 11.4. The summed E-state index contributed by atoms with van der Waals surface area (Å²) in [6.45, 7) is 5.62. The van der Waals surface area contributed by atoms with Gasteiger partial charge in [0.15, 0.2) is 0 Å². The van der Waals surface area contributed by atoms with Crippen molar-refractivity contribution < 1.29 is 41.0 Å². The molecule has 1 N–H and O–H groups in total. The van der Waals surface area contributed by atoms with Gasteiger partial charge in [0.2, 0.25) is 0 Å². The molecule has 2 unspecified atom stereocenters. The number of benzene rings is 2. The lowest BCUT2D eigenvalue weighted by molar-refractivity contribution is -0.143. The zero-order valence-corrected chi connectivity index (χ0v) is 27.2. The van der Waals surface area contributed by atoms with E-state index in [-0.39, 0.29) is 42.6 Å². The van der Waals surface area contributed by atoms with Gasteiger partial charge < -0.3 is 24.5 Å². The molecule has 3 aromatic rings. The van der Waals surface area contributed by atoms with Crippen molar-refractivity contribution in [3.63, 3.8) is 0 Å². The Balaban J connectivity index is 0.000000942. The molecule has 8 nitrogen and oxygen atoms in total. The number of nitrogens with zero attached hydrogens (tertiary/aromatic N) is 5. The van der Waals surface area contributed by atoms with Crippen LogP contribution < -0.4 is 4.74 Å². The summed E-state index contributed by atoms with van der Waals surface area (Å²) >= 11 is 0. The van der Waals surface area contributed by atoms with E-state index in [4.69, 9.17) is 9.84 Å². The predicted molar refractivity (Wildman–Crippen MR) is 163 cm³/mol. The average molecular weight is 658 g/mol. The zero-order valence-electron chi connectivity index (χ0n) is 27.2. The average Bonchev–Trinajstić information content (AvgIpc) is 2.98. The van der Waals surface area contributed by atoms with Gasteiger partial charge in [-0.3, -0.25) is 4.79 Å². The molecule has 1 aromatic heterocycles. The molecule has 0 aliphatic heterocycles. The standard InChI is InChI=1S/C27H28F6N4O2.C5H13NO/c1-16-8-6-7-9-21(16)22-13-34-25(39-15-17(2)36(3)4)35-23(22)24(38)37(5)14-18-10-19(26(28,29)30)12-20(11-18)27(31,32)33;1-5(4-7)6(2)3/h6-13,17H,14-15H2,1-5H3;5,7H,4H2,1-3H3. The normalized spacial score (nSPS) is 13.2. The van der Waals surface area contributed by atoms with Gasteiger partial charge in [0.25, 0.3) is 5.91 Å². The van der Waals surface area contributed by atoms with Crippen molar-refractivity contribution in [2.75, 3.05) is 48.5 Å². The Morgan fingerprint density at radius 3 is 1.87 bits per heavy atom. The van der Waals surface area contributed by atoms with E-state index in [1.807, 2.05) is 64.8 Å². The number of carbonyl (C=O) groups excluding carboxylic acids is 1. The van der Waals surface area contributed by atoms with E-state index in [1.165, 1.54) is 13.2 Å². The van der Waals surface area contributed by atoms with Crippen LogP contribution in [-0.4, -0.2) is 96.2 Å². The van der Waals surface area contributed by atoms with Gasteiger partial charge >= 0.3 is 18.4 Å². The number of carbonyl (C=O) groups is 1. The number of ether oxygens (including phenoxy) is 1. The highest BCUT2D eigenvalue weighted by atomic mass is 19.4. The fourth-order valence-electron chi connectivity index (χ4n) is 3.81. The van der Waals surface area contributed by atoms with Gasteiger partial charge in [0, 0.05) is 37.4 Å². The molecule has 0 fully saturated rings. The Morgan fingerprint density at radius 1 is 0.870 bits per heavy atom. The number of halogens is 6. The van der Waals surface area contributed by atoms with Crippen molar-refractivity contribution >= 4 is 5.91 Å². The largest absolute Gasteiger partial charge is 0.462 e. The summed E-state index contributed by atoms with van der Waals surface area (Å²) in [6, 6.07) is 8.57. The van der Waals surface area contributed by atoms with Crippen LogP contribution in [0, 0.1) is 6.92 Å². The first-order chi connectivity index (χ1) is 21.3. The Morgan fingerprint density at radius 2 is 1.41 bits per heavy atom. The number of aliphatic hydroxyl groups is 1. The number of hydrogen-bond acceptors (Lipinski definition) is 7. The first-order valence-corrected chi connectivity index (χ1v) is 14.3. The maximum Gasteiger partial charge on any atom is 0.416 e. The predicted octanol–water partition coefficient (Wildman–Crippen LogP) is 6.02. The fourth-order valence-corrected chi connectivity index (χ4v) is 3.81. The summed E-state index contributed by atoms with van der Waals surface area (Å²) in [5, 5.41) is 8.46. The van der Waals surface area contributed by atoms with Crippen LogP contribution in [0.25, 0.3) is 11.1 Å². The maximum atomic E-state index is 13.5. The molecule has 0 aliphatic carbocycles. The summed E-state index contributed by atoms with van der Waals surface area (Å²) in [7, 11) is 8.88. The van der Waals surface area contributed by atoms with E-state index in [0.717, 1.165) is 10.5 Å². The number of alkyl halides is 6. The molecule has 46 heavy (non-hydrogen) atoms. The lowest BCUT2D eigenvalue weighted by Gasteiger charge is -2.22. The smallest absolute Gasteiger partial charge is 0.416 e. The molecule has 14 heteroatoms. The lowest BCUT2D eigenvalue weighted by atomic mass is 10.00. The van der Waals surface area contributed by atoms with Crippen LogP contribution in [-0.2, 0) is 18.9 Å². The third-order valence-electron chi connectivity index (χ3n) is 7.30. The number of amides is 1. The van der Waals surface area contributed by atoms with Crippen molar-refractivity contribution in [2.45, 2.75) is 51.8 Å². The van der Waals surface area contributed by atoms with Crippen LogP contribution in [0.15, 0.2) is 48.7 Å². The summed E-state index contributed by atoms with van der Waals surface area (Å²) < 4.78 is 85.6. The lowest BCUT2D eigenvalue weighted by Crippen LogP contribution is -2.31. The number of aromatic nitrogens is 2. The minimum absolute atomic E-state index is 0.00444. The van der Waals surface area contributed by atoms with Crippen LogP contribution in [0.4, 0.5) is 26.3 Å². The molecule has 3 rings (SSSR count). The van der Waals surface area contributed by atoms with Crippen molar-refractivity contribution in [3.8, 4) is 17.1 Å². The van der Waals surface area contributed by atoms with Crippen LogP contribution in [0.5, 0.6) is 6.01 Å². The second-order valence-electron chi connectivity index (χ2n) is 11.4. The second kappa shape index (κ2) is 16.2. The quantitative estimate of drug-likeness (QED) is 0.267. The van der Waals surface area contributed by atoms with Crippen LogP contribution >= 0.6 is 0 Å². The zero-order chi connectivity index (χ0) is 35.0. The van der Waals surface area contributed by atoms with Gasteiger partial charge in [-0.05, 0) is 83.9 Å². The highest BCUT2D eigenvalue weighted by Crippen LogP contribution is 2.37. The van der Waals surface area contributed by atoms with Gasteiger partial charge in [-0.2, -0.15) is 31.3 Å². The molecule has 254 valence electrons. The third kappa shape index (κ3) is 11.0. The van der Waals surface area contributed by atoms with Crippen LogP contribution in [0.1, 0.15) is 46.6 Å². The molecule has 0 radical (unpaired) electrons. The van der Waals surface area contributed by atoms with E-state index < -0.39 is 35.9 Å². The minimum Gasteiger partial charge on any atom is -0.462 e. The molecular formula is C32H41F6N5O3. The molecular weight excluding hydrogens is 616 g/mol. The molecule has 0 saturated carbocycles. The molecule has 2 atom stereocenters. The van der Waals surface area contributed by atoms with Crippen molar-refractivity contribution in [1.29, 1.82) is 0 Å². The molecule has 0 aliphatic rings. The molecule has 2 aromatic carbocycles. The molecule has 1 heterocycles. The van der Waals surface area contributed by atoms with Gasteiger partial charge in [-0.1, -0.05) is 24.3 Å². The number of hydrogen-bond donors (Lipinski definition) is 1. The first-order valence-electron chi connectivity index (χ1n) is 14.3. The summed E-state index contributed by atoms with van der Waals surface area (Å²) in [5.41, 5.74) is -1.56. The summed E-state index contributed by atoms with van der Waals surface area (Å²) in [6.07, 6.45) is -8.59. The van der Waals surface area contributed by atoms with E-state index in [2.05, 4.69) is 9.97 Å². The number of likely N-dealkylation sites (N-methyl/N-ethyl adjacent to an activating group) is 2. The van der Waals surface area contributed by atoms with E-state index in [1.54, 1.807) is 18.2 Å². The number of rotatable bonds is 10. The molecule has 0 bridgehead atoms. The SMILES string of the molecule is CC(CO)N(C)C.Cc1ccccc1-c1cnc(OCC(C)N(C)C)nc1C(=O)N(C)Cc1cc(C(F)(F)F)cc(C(F)(F)F)c1. The van der Waals surface area contributed by atoms with Gasteiger partial charge in [-0.15, -0.1) is 0 Å². The number of aryl methyl sites for hydroxylation is 1. The minimum atomic E-state index is -5.00. The monoisotopic (exact) mass is 657 g/mol. The molecule has 0 saturated heterocycles. The van der Waals surface area contributed by atoms with Crippen molar-refractivity contribution in [3.05, 3.63) is 76.6 Å². The molecule has 1 amide bonds. The highest BCUT2D eigenvalue weighted by Gasteiger charge is 2.37. The number of aliphatic hydroxyl groups excluding tert-OH is 1. The van der Waals surface area contributed by atoms with Crippen LogP contribution in [0.2, 0.25) is 0 Å². The van der Waals surface area contributed by atoms with E-state index in [9.17, 15) is 31.1 Å². The van der Waals surface area contributed by atoms with Crippen molar-refractivity contribution in [2.24, 2.45) is 0 Å². The summed E-state index contributed by atoms with van der Waals surface area (Å²) in [5.74, 6) is -0.730. The van der Waals surface area contributed by atoms with E-state index >= 15 is 0 Å². The fraction of sp³-hybridized carbons (Fsp3) is 0.469. The Kier molecular flexibility index (Phi) is 13.5. The summed E-state index contributed by atoms with van der Waals surface area (Å²) in [4.78, 5) is 26.9. The molecule has 0 spiro atoms. The van der Waals surface area contributed by atoms with Gasteiger partial charge in [-0.25, -0.2) is 4.98 Å². The van der Waals surface area contributed by atoms with E-state index in [0.29, 0.717) is 29.3 Å².